The van der Waals surface area contributed by atoms with Crippen molar-refractivity contribution in [2.45, 2.75) is 50.8 Å². The summed E-state index contributed by atoms with van der Waals surface area (Å²) < 4.78 is 27.8. The van der Waals surface area contributed by atoms with E-state index in [-0.39, 0.29) is 18.1 Å². The highest BCUT2D eigenvalue weighted by Gasteiger charge is 2.46. The SMILES string of the molecule is CCCn1cc(S(=O)(=O)N2CC(O)(CC)C2)nc1C. The van der Waals surface area contributed by atoms with Crippen LogP contribution in [0.1, 0.15) is 32.5 Å². The van der Waals surface area contributed by atoms with E-state index in [0.717, 1.165) is 13.0 Å². The highest BCUT2D eigenvalue weighted by molar-refractivity contribution is 7.89. The van der Waals surface area contributed by atoms with Gasteiger partial charge in [0.15, 0.2) is 5.03 Å². The lowest BCUT2D eigenvalue weighted by Gasteiger charge is -2.44. The molecular formula is C12H21N3O3S. The monoisotopic (exact) mass is 287 g/mol. The van der Waals surface area contributed by atoms with Crippen LogP contribution in [0.4, 0.5) is 0 Å². The number of β-amino-alcohol motifs (C(OH)–C–C–N with tert-alkyl or cyclic N) is 1. The van der Waals surface area contributed by atoms with Gasteiger partial charge in [0.25, 0.3) is 10.0 Å². The molecule has 0 radical (unpaired) electrons. The highest BCUT2D eigenvalue weighted by atomic mass is 32.2. The molecule has 0 amide bonds. The summed E-state index contributed by atoms with van der Waals surface area (Å²) in [5.74, 6) is 0.701. The summed E-state index contributed by atoms with van der Waals surface area (Å²) >= 11 is 0. The van der Waals surface area contributed by atoms with Crippen molar-refractivity contribution in [3.05, 3.63) is 12.0 Å². The molecule has 2 heterocycles. The van der Waals surface area contributed by atoms with Gasteiger partial charge in [-0.3, -0.25) is 0 Å². The van der Waals surface area contributed by atoms with E-state index >= 15 is 0 Å². The van der Waals surface area contributed by atoms with Crippen molar-refractivity contribution in [3.8, 4) is 0 Å². The van der Waals surface area contributed by atoms with Crippen LogP contribution < -0.4 is 0 Å². The molecule has 0 spiro atoms. The van der Waals surface area contributed by atoms with Crippen molar-refractivity contribution in [1.82, 2.24) is 13.9 Å². The smallest absolute Gasteiger partial charge is 0.262 e. The van der Waals surface area contributed by atoms with E-state index in [2.05, 4.69) is 4.98 Å². The molecule has 2 rings (SSSR count). The zero-order valence-corrected chi connectivity index (χ0v) is 12.4. The second kappa shape index (κ2) is 4.88. The second-order valence-corrected chi connectivity index (χ2v) is 7.06. The van der Waals surface area contributed by atoms with E-state index in [9.17, 15) is 13.5 Å². The Morgan fingerprint density at radius 2 is 2.05 bits per heavy atom. The van der Waals surface area contributed by atoms with Crippen LogP contribution in [0.25, 0.3) is 0 Å². The van der Waals surface area contributed by atoms with Gasteiger partial charge in [-0.1, -0.05) is 13.8 Å². The van der Waals surface area contributed by atoms with E-state index in [1.165, 1.54) is 4.31 Å². The van der Waals surface area contributed by atoms with Gasteiger partial charge in [0.2, 0.25) is 0 Å². The first kappa shape index (κ1) is 14.5. The fourth-order valence-corrected chi connectivity index (χ4v) is 3.80. The van der Waals surface area contributed by atoms with E-state index in [1.807, 2.05) is 18.4 Å². The summed E-state index contributed by atoms with van der Waals surface area (Å²) in [6.07, 6.45) is 3.07. The van der Waals surface area contributed by atoms with Crippen molar-refractivity contribution in [2.24, 2.45) is 0 Å². The Labute approximate surface area is 114 Å². The summed E-state index contributed by atoms with van der Waals surface area (Å²) in [6, 6.07) is 0. The van der Waals surface area contributed by atoms with Crippen LogP contribution in [0.3, 0.4) is 0 Å². The maximum Gasteiger partial charge on any atom is 0.262 e. The van der Waals surface area contributed by atoms with Gasteiger partial charge in [-0.25, -0.2) is 13.4 Å². The Hall–Kier alpha value is -0.920. The molecule has 108 valence electrons. The molecule has 19 heavy (non-hydrogen) atoms. The number of hydrogen-bond acceptors (Lipinski definition) is 4. The first-order valence-electron chi connectivity index (χ1n) is 6.58. The number of hydrogen-bond donors (Lipinski definition) is 1. The molecule has 6 nitrogen and oxygen atoms in total. The van der Waals surface area contributed by atoms with Gasteiger partial charge in [0, 0.05) is 25.8 Å². The minimum atomic E-state index is -3.56. The summed E-state index contributed by atoms with van der Waals surface area (Å²) in [5.41, 5.74) is -0.867. The molecule has 7 heteroatoms. The zero-order valence-electron chi connectivity index (χ0n) is 11.6. The normalized spacial score (nSPS) is 19.4. The predicted octanol–water partition coefficient (Wildman–Crippen LogP) is 0.747. The quantitative estimate of drug-likeness (QED) is 0.867. The van der Waals surface area contributed by atoms with Crippen LogP contribution in [-0.2, 0) is 16.6 Å². The Morgan fingerprint density at radius 1 is 1.42 bits per heavy atom. The van der Waals surface area contributed by atoms with Gasteiger partial charge >= 0.3 is 0 Å². The number of aromatic nitrogens is 2. The summed E-state index contributed by atoms with van der Waals surface area (Å²) in [7, 11) is -3.56. The molecule has 1 aromatic rings. The first-order chi connectivity index (χ1) is 8.82. The van der Waals surface area contributed by atoms with Gasteiger partial charge in [0.05, 0.1) is 5.60 Å². The molecule has 0 bridgehead atoms. The van der Waals surface area contributed by atoms with Crippen LogP contribution in [0.5, 0.6) is 0 Å². The minimum Gasteiger partial charge on any atom is -0.387 e. The lowest BCUT2D eigenvalue weighted by molar-refractivity contribution is -0.0614. The van der Waals surface area contributed by atoms with E-state index < -0.39 is 15.6 Å². The van der Waals surface area contributed by atoms with Crippen LogP contribution >= 0.6 is 0 Å². The van der Waals surface area contributed by atoms with Crippen molar-refractivity contribution in [2.75, 3.05) is 13.1 Å². The van der Waals surface area contributed by atoms with E-state index in [0.29, 0.717) is 12.2 Å². The third-order valence-corrected chi connectivity index (χ3v) is 5.29. The largest absolute Gasteiger partial charge is 0.387 e. The molecular weight excluding hydrogens is 266 g/mol. The number of rotatable bonds is 5. The fraction of sp³-hybridized carbons (Fsp3) is 0.750. The molecule has 1 aliphatic rings. The topological polar surface area (TPSA) is 75.4 Å². The maximum absolute atomic E-state index is 12.3. The van der Waals surface area contributed by atoms with E-state index in [1.54, 1.807) is 13.1 Å². The molecule has 1 saturated heterocycles. The Bertz CT molecular complexity index is 559. The number of nitrogens with zero attached hydrogens (tertiary/aromatic N) is 3. The fourth-order valence-electron chi connectivity index (χ4n) is 2.21. The Kier molecular flexibility index (Phi) is 3.72. The molecule has 0 atom stereocenters. The van der Waals surface area contributed by atoms with Gasteiger partial charge in [0.1, 0.15) is 5.82 Å². The van der Waals surface area contributed by atoms with Gasteiger partial charge < -0.3 is 9.67 Å². The summed E-state index contributed by atoms with van der Waals surface area (Å²) in [6.45, 7) is 6.76. The molecule has 0 aliphatic carbocycles. The molecule has 1 fully saturated rings. The van der Waals surface area contributed by atoms with Crippen LogP contribution in [0.2, 0.25) is 0 Å². The predicted molar refractivity (Wildman–Crippen MR) is 71.3 cm³/mol. The second-order valence-electron chi connectivity index (χ2n) is 5.17. The van der Waals surface area contributed by atoms with Gasteiger partial charge in [-0.2, -0.15) is 4.31 Å². The van der Waals surface area contributed by atoms with Crippen molar-refractivity contribution >= 4 is 10.0 Å². The van der Waals surface area contributed by atoms with Crippen molar-refractivity contribution in [3.63, 3.8) is 0 Å². The molecule has 1 N–H and O–H groups in total. The van der Waals surface area contributed by atoms with Gasteiger partial charge in [-0.15, -0.1) is 0 Å². The summed E-state index contributed by atoms with van der Waals surface area (Å²) in [5, 5.41) is 9.99. The molecule has 0 unspecified atom stereocenters. The number of aryl methyl sites for hydroxylation is 2. The van der Waals surface area contributed by atoms with Crippen molar-refractivity contribution < 1.29 is 13.5 Å². The van der Waals surface area contributed by atoms with E-state index in [4.69, 9.17) is 0 Å². The number of sulfonamides is 1. The first-order valence-corrected chi connectivity index (χ1v) is 8.02. The molecule has 0 aromatic carbocycles. The standard InChI is InChI=1S/C12H21N3O3S/c1-4-6-14-7-11(13-10(14)3)19(17,18)15-8-12(16,5-2)9-15/h7,16H,4-6,8-9H2,1-3H3. The zero-order chi connectivity index (χ0) is 14.3. The van der Waals surface area contributed by atoms with Gasteiger partial charge in [-0.05, 0) is 19.8 Å². The van der Waals surface area contributed by atoms with Crippen molar-refractivity contribution in [1.29, 1.82) is 0 Å². The van der Waals surface area contributed by atoms with Crippen LogP contribution in [0.15, 0.2) is 11.2 Å². The lowest BCUT2D eigenvalue weighted by Crippen LogP contribution is -2.62. The molecule has 0 saturated carbocycles. The molecule has 1 aliphatic heterocycles. The third kappa shape index (κ3) is 2.54. The average Bonchev–Trinajstić information content (AvgIpc) is 2.68. The Morgan fingerprint density at radius 3 is 2.58 bits per heavy atom. The minimum absolute atomic E-state index is 0.0802. The lowest BCUT2D eigenvalue weighted by atomic mass is 9.94. The number of aliphatic hydroxyl groups is 1. The summed E-state index contributed by atoms with van der Waals surface area (Å²) in [4.78, 5) is 4.13. The third-order valence-electron chi connectivity index (χ3n) is 3.62. The Balaban J connectivity index is 2.19. The van der Waals surface area contributed by atoms with Crippen LogP contribution in [-0.4, -0.2) is 46.1 Å². The maximum atomic E-state index is 12.3. The van der Waals surface area contributed by atoms with Crippen LogP contribution in [0, 0.1) is 6.92 Å². The molecule has 1 aromatic heterocycles. The average molecular weight is 287 g/mol. The highest BCUT2D eigenvalue weighted by Crippen LogP contribution is 2.29. The number of imidazole rings is 1.